The Morgan fingerprint density at radius 1 is 0.400 bits per heavy atom. The van der Waals surface area contributed by atoms with E-state index >= 15 is 0 Å². The van der Waals surface area contributed by atoms with Crippen LogP contribution in [0.25, 0.3) is 0 Å². The van der Waals surface area contributed by atoms with Crippen molar-refractivity contribution in [2.45, 2.75) is 233 Å². The molecule has 0 fully saturated rings. The van der Waals surface area contributed by atoms with Crippen LogP contribution in [0.2, 0.25) is 0 Å². The molecule has 0 saturated carbocycles. The second-order valence-corrected chi connectivity index (χ2v) is 17.9. The summed E-state index contributed by atoms with van der Waals surface area (Å²) < 4.78 is 12.9. The van der Waals surface area contributed by atoms with Crippen molar-refractivity contribution in [3.8, 4) is 11.5 Å². The zero-order valence-electron chi connectivity index (χ0n) is 39.6. The highest BCUT2D eigenvalue weighted by Gasteiger charge is 2.03. The van der Waals surface area contributed by atoms with E-state index in [1.807, 2.05) is 62.4 Å². The zero-order valence-corrected chi connectivity index (χ0v) is 41.2. The summed E-state index contributed by atoms with van der Waals surface area (Å²) in [6.45, 7) is 12.0. The summed E-state index contributed by atoms with van der Waals surface area (Å²) in [4.78, 5) is 0. The first-order chi connectivity index (χ1) is 29.5. The zero-order chi connectivity index (χ0) is 43.4. The summed E-state index contributed by atoms with van der Waals surface area (Å²) in [5, 5.41) is 6.80. The molecule has 0 amide bonds. The normalized spacial score (nSPS) is 11.0. The van der Waals surface area contributed by atoms with E-state index in [2.05, 4.69) is 28.9 Å². The number of hydrogen-bond acceptors (Lipinski definition) is 4. The van der Waals surface area contributed by atoms with Crippen LogP contribution in [0.1, 0.15) is 233 Å². The molecule has 0 unspecified atom stereocenters. The Morgan fingerprint density at radius 3 is 0.867 bits per heavy atom. The lowest BCUT2D eigenvalue weighted by Crippen LogP contribution is -2.18. The van der Waals surface area contributed by atoms with Crippen LogP contribution in [0.5, 0.6) is 11.5 Å². The van der Waals surface area contributed by atoms with Gasteiger partial charge in [0.25, 0.3) is 0 Å². The fourth-order valence-corrected chi connectivity index (χ4v) is 8.15. The van der Waals surface area contributed by atoms with Crippen LogP contribution < -0.4 is 20.1 Å². The summed E-state index contributed by atoms with van der Waals surface area (Å²) in [6, 6.07) is 15.3. The molecule has 2 aromatic carbocycles. The van der Waals surface area contributed by atoms with Crippen LogP contribution in [0.4, 0.5) is 11.4 Å². The van der Waals surface area contributed by atoms with Gasteiger partial charge < -0.3 is 20.1 Å². The van der Waals surface area contributed by atoms with Gasteiger partial charge in [-0.15, -0.1) is 0 Å². The van der Waals surface area contributed by atoms with Crippen LogP contribution in [0, 0.1) is 0 Å². The first-order valence-corrected chi connectivity index (χ1v) is 26.2. The van der Waals surface area contributed by atoms with Gasteiger partial charge in [0.05, 0.1) is 13.2 Å². The molecule has 0 heterocycles. The molecular formula is C53H94ClN3O2S. The number of unbranched alkanes of at least 4 members (excludes halogenated alkanes) is 30. The predicted molar refractivity (Wildman–Crippen MR) is 272 cm³/mol. The van der Waals surface area contributed by atoms with E-state index < -0.39 is 0 Å². The van der Waals surface area contributed by atoms with Crippen molar-refractivity contribution in [2.24, 2.45) is 0 Å². The van der Waals surface area contributed by atoms with Crippen LogP contribution >= 0.6 is 24.0 Å². The molecule has 0 saturated heterocycles. The summed E-state index contributed by atoms with van der Waals surface area (Å²) in [5.41, 5.74) is 1.82. The van der Waals surface area contributed by atoms with Crippen LogP contribution in [0.15, 0.2) is 48.5 Å². The molecule has 2 N–H and O–H groups in total. The maximum atomic E-state index is 6.44. The molecule has 0 aliphatic carbocycles. The number of ether oxygens (including phenoxy) is 2. The third kappa shape index (κ3) is 36.6. The van der Waals surface area contributed by atoms with Gasteiger partial charge in [0, 0.05) is 24.5 Å². The van der Waals surface area contributed by atoms with E-state index in [-0.39, 0.29) is 0 Å². The van der Waals surface area contributed by atoms with Gasteiger partial charge in [-0.3, -0.25) is 0 Å². The Bertz CT molecular complexity index is 1090. The maximum absolute atomic E-state index is 6.44. The van der Waals surface area contributed by atoms with Crippen molar-refractivity contribution in [2.75, 3.05) is 36.9 Å². The molecule has 346 valence electrons. The lowest BCUT2D eigenvalue weighted by Gasteiger charge is -2.13. The third-order valence-corrected chi connectivity index (χ3v) is 11.9. The molecule has 0 radical (unpaired) electrons. The topological polar surface area (TPSA) is 45.8 Å². The summed E-state index contributed by atoms with van der Waals surface area (Å²) in [5.74, 6) is 1.69. The highest BCUT2D eigenvalue weighted by Crippen LogP contribution is 2.19. The van der Waals surface area contributed by atoms with E-state index in [4.69, 9.17) is 33.5 Å². The first-order valence-electron chi connectivity index (χ1n) is 25.5. The molecule has 5 nitrogen and oxygen atoms in total. The van der Waals surface area contributed by atoms with E-state index in [1.54, 1.807) is 0 Å². The molecule has 0 spiro atoms. The number of hydrogen-bond donors (Lipinski definition) is 2. The minimum atomic E-state index is 0.535. The van der Waals surface area contributed by atoms with Crippen LogP contribution in [-0.4, -0.2) is 35.8 Å². The Morgan fingerprint density at radius 2 is 0.633 bits per heavy atom. The third-order valence-electron chi connectivity index (χ3n) is 11.4. The van der Waals surface area contributed by atoms with Crippen LogP contribution in [0.3, 0.4) is 0 Å². The van der Waals surface area contributed by atoms with Gasteiger partial charge in [0.15, 0.2) is 5.11 Å². The molecular weight excluding hydrogens is 778 g/mol. The fraction of sp³-hybridized carbons (Fsp3) is 0.755. The summed E-state index contributed by atoms with van der Waals surface area (Å²) in [6.07, 6.45) is 45.8. The Hall–Kier alpha value is -2.02. The second kappa shape index (κ2) is 43.6. The lowest BCUT2D eigenvalue weighted by atomic mass is 10.0. The van der Waals surface area contributed by atoms with Gasteiger partial charge in [-0.2, -0.15) is 0 Å². The van der Waals surface area contributed by atoms with Crippen molar-refractivity contribution in [3.63, 3.8) is 0 Å². The van der Waals surface area contributed by atoms with E-state index in [1.165, 1.54) is 205 Å². The summed E-state index contributed by atoms with van der Waals surface area (Å²) >= 11 is 11.7. The number of rotatable bonds is 40. The quantitative estimate of drug-likeness (QED) is 0.0395. The molecule has 60 heavy (non-hydrogen) atoms. The highest BCUT2D eigenvalue weighted by atomic mass is 35.5. The maximum Gasteiger partial charge on any atom is 0.175 e. The smallest absolute Gasteiger partial charge is 0.175 e. The molecule has 0 atom stereocenters. The Labute approximate surface area is 382 Å². The summed E-state index contributed by atoms with van der Waals surface area (Å²) in [7, 11) is 0. The highest BCUT2D eigenvalue weighted by molar-refractivity contribution is 7.80. The van der Waals surface area contributed by atoms with Crippen molar-refractivity contribution >= 4 is 40.5 Å². The Kier molecular flexibility index (Phi) is 40.7. The fourth-order valence-electron chi connectivity index (χ4n) is 7.67. The minimum absolute atomic E-state index is 0.535. The van der Waals surface area contributed by atoms with E-state index in [9.17, 15) is 0 Å². The lowest BCUT2D eigenvalue weighted by molar-refractivity contribution is 0.340. The molecule has 0 aliphatic heterocycles. The number of benzene rings is 2. The molecule has 2 rings (SSSR count). The predicted octanol–water partition coefficient (Wildman–Crippen LogP) is 18.3. The SMILES string of the molecule is CCCCCCCCCCCCCCCCCCN(Cl)CCCCCCCCCCCCCCCCCC.CCOc1ccc(NC(=S)Nc2ccc(OCC)cc2)cc1. The largest absolute Gasteiger partial charge is 0.494 e. The van der Waals surface area contributed by atoms with Gasteiger partial charge >= 0.3 is 0 Å². The second-order valence-electron chi connectivity index (χ2n) is 17.0. The monoisotopic (exact) mass is 872 g/mol. The average Bonchev–Trinajstić information content (AvgIpc) is 3.25. The number of thiocarbonyl (C=S) groups is 1. The molecule has 0 aliphatic rings. The van der Waals surface area contributed by atoms with Crippen molar-refractivity contribution in [3.05, 3.63) is 48.5 Å². The van der Waals surface area contributed by atoms with Gasteiger partial charge in [0.1, 0.15) is 11.5 Å². The average molecular weight is 873 g/mol. The van der Waals surface area contributed by atoms with Gasteiger partial charge in [-0.25, -0.2) is 4.42 Å². The van der Waals surface area contributed by atoms with Gasteiger partial charge in [0.2, 0.25) is 0 Å². The molecule has 2 aromatic rings. The number of nitrogens with one attached hydrogen (secondary N) is 2. The van der Waals surface area contributed by atoms with Crippen molar-refractivity contribution in [1.29, 1.82) is 0 Å². The van der Waals surface area contributed by atoms with Crippen molar-refractivity contribution < 1.29 is 9.47 Å². The van der Waals surface area contributed by atoms with Crippen molar-refractivity contribution in [1.82, 2.24) is 4.42 Å². The minimum Gasteiger partial charge on any atom is -0.494 e. The number of anilines is 2. The van der Waals surface area contributed by atoms with Gasteiger partial charge in [-0.05, 0) is 99.2 Å². The van der Waals surface area contributed by atoms with Crippen LogP contribution in [-0.2, 0) is 0 Å². The number of halogens is 1. The standard InChI is InChI=1S/C36H74ClN.C17H20N2O2S/c1-3-5-7-9-11-13-15-17-19-21-23-25-27-29-31-33-35-38(37)36-34-32-30-28-26-24-22-20-18-16-14-12-10-8-6-4-2;1-3-20-15-9-5-13(6-10-15)18-17(22)19-14-7-11-16(12-8-14)21-4-2/h3-36H2,1-2H3;5-12H,3-4H2,1-2H3,(H2,18,19,22). The molecule has 7 heteroatoms. The van der Waals surface area contributed by atoms with E-state index in [0.717, 1.165) is 36.0 Å². The van der Waals surface area contributed by atoms with Gasteiger partial charge in [-0.1, -0.05) is 206 Å². The Balaban J connectivity index is 0.000000686. The number of nitrogens with zero attached hydrogens (tertiary/aromatic N) is 1. The molecule has 0 aromatic heterocycles. The van der Waals surface area contributed by atoms with E-state index in [0.29, 0.717) is 18.3 Å². The first kappa shape index (κ1) is 56.0. The molecule has 0 bridgehead atoms.